The number of ether oxygens (including phenoxy) is 2. The predicted molar refractivity (Wildman–Crippen MR) is 117 cm³/mol. The third-order valence-electron chi connectivity index (χ3n) is 4.21. The fourth-order valence-corrected chi connectivity index (χ4v) is 3.57. The molecule has 0 saturated heterocycles. The van der Waals surface area contributed by atoms with Crippen LogP contribution in [-0.2, 0) is 9.53 Å². The largest absolute Gasteiger partial charge is 0.495 e. The molecule has 30 heavy (non-hydrogen) atoms. The maximum absolute atomic E-state index is 12.4. The van der Waals surface area contributed by atoms with Gasteiger partial charge in [-0.05, 0) is 55.8 Å². The fraction of sp³-hybridized carbons (Fsp3) is 0.227. The van der Waals surface area contributed by atoms with E-state index in [-0.39, 0.29) is 17.6 Å². The standard InChI is InChI=1S/C22H23N3O4S/c1-4-29-21(27)16-6-8-17(9-7-16)24-20(26)14-30-22-23-11-12-25(22)18-13-15(2)5-10-19(18)28-3/h5-13H,4,14H2,1-3H3,(H,24,26). The SMILES string of the molecule is CCOC(=O)c1ccc(NC(=O)CSc2nccn2-c2cc(C)ccc2OC)cc1. The maximum Gasteiger partial charge on any atom is 0.338 e. The molecule has 0 atom stereocenters. The van der Waals surface area contributed by atoms with Crippen molar-refractivity contribution < 1.29 is 19.1 Å². The third kappa shape index (κ3) is 5.21. The molecule has 0 bridgehead atoms. The van der Waals surface area contributed by atoms with E-state index in [0.29, 0.717) is 23.0 Å². The van der Waals surface area contributed by atoms with Gasteiger partial charge in [-0.15, -0.1) is 0 Å². The Hall–Kier alpha value is -3.26. The van der Waals surface area contributed by atoms with Crippen molar-refractivity contribution in [2.75, 3.05) is 24.8 Å². The Morgan fingerprint density at radius 3 is 2.63 bits per heavy atom. The zero-order valence-corrected chi connectivity index (χ0v) is 17.9. The summed E-state index contributed by atoms with van der Waals surface area (Å²) in [5, 5.41) is 3.51. The molecule has 0 aliphatic heterocycles. The normalized spacial score (nSPS) is 10.5. The number of imidazole rings is 1. The van der Waals surface area contributed by atoms with Crippen molar-refractivity contribution in [2.24, 2.45) is 0 Å². The van der Waals surface area contributed by atoms with Gasteiger partial charge in [0, 0.05) is 18.1 Å². The van der Waals surface area contributed by atoms with Crippen LogP contribution < -0.4 is 10.1 Å². The molecular weight excluding hydrogens is 402 g/mol. The molecule has 0 fully saturated rings. The Morgan fingerprint density at radius 2 is 1.93 bits per heavy atom. The van der Waals surface area contributed by atoms with Crippen LogP contribution in [-0.4, -0.2) is 40.9 Å². The van der Waals surface area contributed by atoms with Gasteiger partial charge in [0.1, 0.15) is 5.75 Å². The molecule has 1 heterocycles. The second kappa shape index (κ2) is 9.98. The first-order chi connectivity index (χ1) is 14.5. The Labute approximate surface area is 179 Å². The molecule has 3 rings (SSSR count). The molecule has 8 heteroatoms. The van der Waals surface area contributed by atoms with Crippen LogP contribution in [0.3, 0.4) is 0 Å². The highest BCUT2D eigenvalue weighted by Crippen LogP contribution is 2.28. The Morgan fingerprint density at radius 1 is 1.17 bits per heavy atom. The number of esters is 1. The van der Waals surface area contributed by atoms with E-state index in [9.17, 15) is 9.59 Å². The number of hydrogen-bond donors (Lipinski definition) is 1. The lowest BCUT2D eigenvalue weighted by Gasteiger charge is -2.13. The van der Waals surface area contributed by atoms with E-state index in [1.54, 1.807) is 44.5 Å². The van der Waals surface area contributed by atoms with Crippen molar-refractivity contribution in [3.8, 4) is 11.4 Å². The van der Waals surface area contributed by atoms with Gasteiger partial charge in [-0.3, -0.25) is 9.36 Å². The van der Waals surface area contributed by atoms with Crippen molar-refractivity contribution >= 4 is 29.3 Å². The number of benzene rings is 2. The van der Waals surface area contributed by atoms with Crippen LogP contribution in [0.15, 0.2) is 60.0 Å². The van der Waals surface area contributed by atoms with Crippen molar-refractivity contribution in [1.29, 1.82) is 0 Å². The smallest absolute Gasteiger partial charge is 0.338 e. The van der Waals surface area contributed by atoms with Crippen molar-refractivity contribution in [3.05, 3.63) is 66.0 Å². The fourth-order valence-electron chi connectivity index (χ4n) is 2.80. The quantitative estimate of drug-likeness (QED) is 0.432. The van der Waals surface area contributed by atoms with Gasteiger partial charge in [0.25, 0.3) is 0 Å². The Kier molecular flexibility index (Phi) is 7.13. The Balaban J connectivity index is 1.63. The first-order valence-corrected chi connectivity index (χ1v) is 10.4. The zero-order valence-electron chi connectivity index (χ0n) is 17.0. The van der Waals surface area contributed by atoms with Crippen molar-refractivity contribution in [1.82, 2.24) is 9.55 Å². The highest BCUT2D eigenvalue weighted by Gasteiger charge is 2.13. The average molecular weight is 426 g/mol. The zero-order chi connectivity index (χ0) is 21.5. The molecule has 3 aromatic rings. The molecule has 1 aromatic heterocycles. The highest BCUT2D eigenvalue weighted by molar-refractivity contribution is 7.99. The minimum Gasteiger partial charge on any atom is -0.495 e. The lowest BCUT2D eigenvalue weighted by molar-refractivity contribution is -0.113. The van der Waals surface area contributed by atoms with Crippen LogP contribution in [0, 0.1) is 6.92 Å². The maximum atomic E-state index is 12.4. The number of carbonyl (C=O) groups excluding carboxylic acids is 2. The predicted octanol–water partition coefficient (Wildman–Crippen LogP) is 4.10. The van der Waals surface area contributed by atoms with E-state index >= 15 is 0 Å². The summed E-state index contributed by atoms with van der Waals surface area (Å²) in [5.41, 5.74) is 3.02. The molecule has 0 spiro atoms. The second-order valence-corrected chi connectivity index (χ2v) is 7.33. The topological polar surface area (TPSA) is 82.5 Å². The molecule has 0 aliphatic carbocycles. The van der Waals surface area contributed by atoms with E-state index in [4.69, 9.17) is 9.47 Å². The highest BCUT2D eigenvalue weighted by atomic mass is 32.2. The summed E-state index contributed by atoms with van der Waals surface area (Å²) >= 11 is 1.33. The number of anilines is 1. The number of methoxy groups -OCH3 is 1. The summed E-state index contributed by atoms with van der Waals surface area (Å²) in [5.74, 6) is 0.357. The molecule has 0 unspecified atom stereocenters. The number of rotatable bonds is 8. The van der Waals surface area contributed by atoms with E-state index in [1.165, 1.54) is 11.8 Å². The molecule has 1 amide bonds. The van der Waals surface area contributed by atoms with Gasteiger partial charge in [0.05, 0.1) is 30.7 Å². The molecule has 2 aromatic carbocycles. The summed E-state index contributed by atoms with van der Waals surface area (Å²) in [7, 11) is 1.62. The summed E-state index contributed by atoms with van der Waals surface area (Å²) in [6.07, 6.45) is 3.53. The van der Waals surface area contributed by atoms with Crippen molar-refractivity contribution in [2.45, 2.75) is 19.0 Å². The van der Waals surface area contributed by atoms with Gasteiger partial charge in [-0.25, -0.2) is 9.78 Å². The first kappa shape index (κ1) is 21.4. The van der Waals surface area contributed by atoms with Crippen molar-refractivity contribution in [3.63, 3.8) is 0 Å². The lowest BCUT2D eigenvalue weighted by Crippen LogP contribution is -2.14. The number of hydrogen-bond acceptors (Lipinski definition) is 6. The number of aromatic nitrogens is 2. The number of amides is 1. The van der Waals surface area contributed by atoms with E-state index in [1.807, 2.05) is 35.9 Å². The number of aryl methyl sites for hydroxylation is 1. The molecule has 0 radical (unpaired) electrons. The van der Waals surface area contributed by atoms with E-state index in [2.05, 4.69) is 10.3 Å². The average Bonchev–Trinajstić information content (AvgIpc) is 3.21. The van der Waals surface area contributed by atoms with Gasteiger partial charge >= 0.3 is 5.97 Å². The number of nitrogens with zero attached hydrogens (tertiary/aromatic N) is 2. The van der Waals surface area contributed by atoms with Crippen LogP contribution >= 0.6 is 11.8 Å². The molecule has 7 nitrogen and oxygen atoms in total. The number of nitrogens with one attached hydrogen (secondary N) is 1. The van der Waals surface area contributed by atoms with E-state index in [0.717, 1.165) is 17.0 Å². The van der Waals surface area contributed by atoms with Crippen LogP contribution in [0.1, 0.15) is 22.8 Å². The summed E-state index contributed by atoms with van der Waals surface area (Å²) < 4.78 is 12.3. The van der Waals surface area contributed by atoms with Gasteiger partial charge in [-0.2, -0.15) is 0 Å². The van der Waals surface area contributed by atoms with Crippen LogP contribution in [0.5, 0.6) is 5.75 Å². The van der Waals surface area contributed by atoms with Gasteiger partial charge < -0.3 is 14.8 Å². The van der Waals surface area contributed by atoms with Crippen LogP contribution in [0.4, 0.5) is 5.69 Å². The first-order valence-electron chi connectivity index (χ1n) is 9.40. The summed E-state index contributed by atoms with van der Waals surface area (Å²) in [6, 6.07) is 12.5. The molecule has 1 N–H and O–H groups in total. The summed E-state index contributed by atoms with van der Waals surface area (Å²) in [4.78, 5) is 28.4. The molecular formula is C22H23N3O4S. The van der Waals surface area contributed by atoms with Gasteiger partial charge in [-0.1, -0.05) is 17.8 Å². The number of carbonyl (C=O) groups is 2. The van der Waals surface area contributed by atoms with E-state index < -0.39 is 0 Å². The molecule has 0 saturated carbocycles. The number of thioether (sulfide) groups is 1. The van der Waals surface area contributed by atoms with Crippen LogP contribution in [0.25, 0.3) is 5.69 Å². The summed E-state index contributed by atoms with van der Waals surface area (Å²) in [6.45, 7) is 4.08. The van der Waals surface area contributed by atoms with Crippen LogP contribution in [0.2, 0.25) is 0 Å². The minimum absolute atomic E-state index is 0.172. The minimum atomic E-state index is -0.385. The third-order valence-corrected chi connectivity index (χ3v) is 5.18. The second-order valence-electron chi connectivity index (χ2n) is 6.39. The molecule has 156 valence electrons. The lowest BCUT2D eigenvalue weighted by atomic mass is 10.2. The molecule has 0 aliphatic rings. The Bertz CT molecular complexity index is 1030. The van der Waals surface area contributed by atoms with Gasteiger partial charge in [0.15, 0.2) is 5.16 Å². The van der Waals surface area contributed by atoms with Gasteiger partial charge in [0.2, 0.25) is 5.91 Å². The monoisotopic (exact) mass is 425 g/mol.